The molecule has 0 amide bonds. The van der Waals surface area contributed by atoms with E-state index in [0.717, 1.165) is 12.8 Å². The molecule has 0 aliphatic carbocycles. The molecule has 2 fully saturated rings. The van der Waals surface area contributed by atoms with Crippen LogP contribution in [-0.4, -0.2) is 63.7 Å². The largest absolute Gasteiger partial charge is 0.508 e. The number of rotatable bonds is 4. The molecule has 13 nitrogen and oxygen atoms in total. The van der Waals surface area contributed by atoms with E-state index >= 15 is 0 Å². The Labute approximate surface area is 212 Å². The lowest BCUT2D eigenvalue weighted by atomic mass is 9.92. The third-order valence-corrected chi connectivity index (χ3v) is 6.17. The number of esters is 2. The van der Waals surface area contributed by atoms with Crippen molar-refractivity contribution in [1.29, 1.82) is 5.26 Å². The van der Waals surface area contributed by atoms with Crippen molar-refractivity contribution in [3.63, 3.8) is 0 Å². The first kappa shape index (κ1) is 26.2. The number of hydrogen-bond acceptors (Lipinski definition) is 12. The van der Waals surface area contributed by atoms with Gasteiger partial charge in [-0.3, -0.25) is 9.59 Å². The molecule has 4 rings (SSSR count). The average Bonchev–Trinajstić information content (AvgIpc) is 3.40. The van der Waals surface area contributed by atoms with Gasteiger partial charge in [0, 0.05) is 12.8 Å². The number of anilines is 1. The zero-order valence-corrected chi connectivity index (χ0v) is 20.6. The van der Waals surface area contributed by atoms with Crippen molar-refractivity contribution in [2.75, 3.05) is 12.3 Å². The van der Waals surface area contributed by atoms with Gasteiger partial charge in [-0.1, -0.05) is 12.8 Å². The van der Waals surface area contributed by atoms with E-state index in [2.05, 4.69) is 16.2 Å². The monoisotopic (exact) mass is 515 g/mol. The topological polar surface area (TPSA) is 177 Å². The predicted molar refractivity (Wildman–Crippen MR) is 125 cm³/mol. The lowest BCUT2D eigenvalue weighted by Crippen LogP contribution is -2.46. The van der Waals surface area contributed by atoms with Crippen LogP contribution in [0.5, 0.6) is 0 Å². The van der Waals surface area contributed by atoms with Crippen LogP contribution in [0.15, 0.2) is 18.5 Å². The summed E-state index contributed by atoms with van der Waals surface area (Å²) in [6, 6.07) is 5.24. The Morgan fingerprint density at radius 3 is 2.59 bits per heavy atom. The van der Waals surface area contributed by atoms with Gasteiger partial charge in [0.1, 0.15) is 30.6 Å². The minimum absolute atomic E-state index is 0.116. The Morgan fingerprint density at radius 2 is 1.92 bits per heavy atom. The summed E-state index contributed by atoms with van der Waals surface area (Å²) in [5.41, 5.74) is 4.56. The summed E-state index contributed by atoms with van der Waals surface area (Å²) in [6.45, 7) is 2.88. The molecule has 2 aromatic rings. The van der Waals surface area contributed by atoms with E-state index < -0.39 is 54.7 Å². The molecule has 37 heavy (non-hydrogen) atoms. The molecule has 4 heterocycles. The highest BCUT2D eigenvalue weighted by Crippen LogP contribution is 2.44. The van der Waals surface area contributed by atoms with Crippen molar-refractivity contribution >= 4 is 29.4 Å². The number of nitriles is 1. The summed E-state index contributed by atoms with van der Waals surface area (Å²) in [6.07, 6.45) is -1.10. The number of carbonyl (C=O) groups excluding carboxylic acids is 3. The average molecular weight is 516 g/mol. The summed E-state index contributed by atoms with van der Waals surface area (Å²) in [4.78, 5) is 41.6. The number of carbonyl (C=O) groups is 3. The molecular formula is C24H29N5O8. The molecule has 0 bridgehead atoms. The molecule has 0 unspecified atom stereocenters. The Hall–Kier alpha value is -3.92. The minimum Gasteiger partial charge on any atom is -0.455 e. The lowest BCUT2D eigenvalue weighted by Gasteiger charge is -2.29. The van der Waals surface area contributed by atoms with E-state index in [9.17, 15) is 19.6 Å². The molecule has 4 atom stereocenters. The van der Waals surface area contributed by atoms with Gasteiger partial charge in [-0.2, -0.15) is 10.4 Å². The first-order valence-corrected chi connectivity index (χ1v) is 12.2. The second-order valence-corrected chi connectivity index (χ2v) is 9.17. The first-order valence-electron chi connectivity index (χ1n) is 12.2. The van der Waals surface area contributed by atoms with E-state index in [1.165, 1.54) is 10.8 Å². The molecule has 2 aromatic heterocycles. The Kier molecular flexibility index (Phi) is 7.77. The highest BCUT2D eigenvalue weighted by molar-refractivity contribution is 5.72. The number of nitrogens with zero attached hydrogens (tertiary/aromatic N) is 4. The van der Waals surface area contributed by atoms with Gasteiger partial charge in [0.2, 0.25) is 5.60 Å². The van der Waals surface area contributed by atoms with Gasteiger partial charge in [-0.15, -0.1) is 0 Å². The van der Waals surface area contributed by atoms with Crippen LogP contribution < -0.4 is 5.73 Å². The second kappa shape index (κ2) is 11.0. The lowest BCUT2D eigenvalue weighted by molar-refractivity contribution is -0.170. The normalized spacial score (nSPS) is 26.8. The highest BCUT2D eigenvalue weighted by atomic mass is 16.7. The summed E-state index contributed by atoms with van der Waals surface area (Å²) in [7, 11) is 0. The van der Waals surface area contributed by atoms with Crippen LogP contribution in [0.4, 0.5) is 10.6 Å². The van der Waals surface area contributed by atoms with Gasteiger partial charge in [0.05, 0.1) is 11.8 Å². The van der Waals surface area contributed by atoms with Gasteiger partial charge in [0.15, 0.2) is 18.0 Å². The van der Waals surface area contributed by atoms with Crippen LogP contribution in [0.25, 0.3) is 5.52 Å². The number of fused-ring (bicyclic) bond motifs is 2. The fourth-order valence-corrected chi connectivity index (χ4v) is 4.48. The maximum absolute atomic E-state index is 12.8. The van der Waals surface area contributed by atoms with Crippen molar-refractivity contribution in [1.82, 2.24) is 14.6 Å². The molecule has 13 heteroatoms. The van der Waals surface area contributed by atoms with E-state index in [4.69, 9.17) is 29.4 Å². The third-order valence-electron chi connectivity index (χ3n) is 6.17. The van der Waals surface area contributed by atoms with Gasteiger partial charge in [-0.25, -0.2) is 14.3 Å². The Bertz CT molecular complexity index is 1210. The van der Waals surface area contributed by atoms with Gasteiger partial charge >= 0.3 is 18.1 Å². The summed E-state index contributed by atoms with van der Waals surface area (Å²) in [5.74, 6) is -0.974. The molecule has 2 saturated heterocycles. The molecule has 0 radical (unpaired) electrons. The van der Waals surface area contributed by atoms with E-state index in [1.807, 2.05) is 0 Å². The first-order chi connectivity index (χ1) is 17.7. The van der Waals surface area contributed by atoms with Gasteiger partial charge < -0.3 is 29.4 Å². The predicted octanol–water partition coefficient (Wildman–Crippen LogP) is 2.17. The fourth-order valence-electron chi connectivity index (χ4n) is 4.48. The second-order valence-electron chi connectivity index (χ2n) is 9.17. The van der Waals surface area contributed by atoms with E-state index in [-0.39, 0.29) is 24.4 Å². The van der Waals surface area contributed by atoms with Crippen molar-refractivity contribution in [3.05, 3.63) is 24.2 Å². The van der Waals surface area contributed by atoms with Gasteiger partial charge in [-0.05, 0) is 38.8 Å². The maximum Gasteiger partial charge on any atom is 0.508 e. The van der Waals surface area contributed by atoms with Crippen LogP contribution >= 0.6 is 0 Å². The molecule has 0 spiro atoms. The van der Waals surface area contributed by atoms with E-state index in [1.54, 1.807) is 26.0 Å². The Morgan fingerprint density at radius 1 is 1.22 bits per heavy atom. The molecule has 2 N–H and O–H groups in total. The SMILES string of the molecule is CC(C)OC(=O)OC[C@H]1O[C@@](C#N)(c2ccc3c(N)ncnn23)[C@@H]2OC(=O)CCCCCCC(=O)O[C@@H]21. The zero-order valence-electron chi connectivity index (χ0n) is 20.6. The number of aromatic nitrogens is 3. The number of nitrogens with two attached hydrogens (primary N) is 1. The molecule has 2 aliphatic heterocycles. The van der Waals surface area contributed by atoms with Crippen LogP contribution in [0.3, 0.4) is 0 Å². The van der Waals surface area contributed by atoms with Crippen molar-refractivity contribution in [3.8, 4) is 6.07 Å². The van der Waals surface area contributed by atoms with Crippen LogP contribution in [0.2, 0.25) is 0 Å². The fraction of sp³-hybridized carbons (Fsp3) is 0.583. The standard InChI is InChI=1S/C24H29N5O8/c1-14(2)34-23(32)33-11-16-20-21(36-19(31)8-6-4-3-5-7-18(30)35-20)24(12-25,37-16)17-10-9-15-22(26)27-13-28-29(15)17/h9-10,13-14,16,20-21H,3-8,11H2,1-2H3,(H2,26,27,28)/t16-,20-,21-,24+/m1/s1. The third kappa shape index (κ3) is 5.43. The molecule has 198 valence electrons. The van der Waals surface area contributed by atoms with Crippen LogP contribution in [0.1, 0.15) is 58.1 Å². The molecule has 2 aliphatic rings. The summed E-state index contributed by atoms with van der Waals surface area (Å²) < 4.78 is 29.2. The minimum atomic E-state index is -1.98. The highest BCUT2D eigenvalue weighted by Gasteiger charge is 2.62. The van der Waals surface area contributed by atoms with Crippen molar-refractivity contribution < 1.29 is 38.1 Å². The summed E-state index contributed by atoms with van der Waals surface area (Å²) in [5, 5.41) is 14.7. The maximum atomic E-state index is 12.8. The van der Waals surface area contributed by atoms with E-state index in [0.29, 0.717) is 18.4 Å². The number of ether oxygens (including phenoxy) is 5. The molecule has 0 aromatic carbocycles. The smallest absolute Gasteiger partial charge is 0.455 e. The number of nitrogen functional groups attached to an aromatic ring is 1. The zero-order chi connectivity index (χ0) is 26.6. The Balaban J connectivity index is 1.77. The van der Waals surface area contributed by atoms with Gasteiger partial charge in [0.25, 0.3) is 0 Å². The molecular weight excluding hydrogens is 486 g/mol. The molecule has 0 saturated carbocycles. The summed E-state index contributed by atoms with van der Waals surface area (Å²) >= 11 is 0. The van der Waals surface area contributed by atoms with Crippen LogP contribution in [0, 0.1) is 11.3 Å². The van der Waals surface area contributed by atoms with Crippen molar-refractivity contribution in [2.24, 2.45) is 0 Å². The number of hydrogen-bond donors (Lipinski definition) is 1. The van der Waals surface area contributed by atoms with Crippen LogP contribution in [-0.2, 0) is 38.9 Å². The van der Waals surface area contributed by atoms with Crippen molar-refractivity contribution in [2.45, 2.75) is 82.4 Å². The quantitative estimate of drug-likeness (QED) is 0.464.